The summed E-state index contributed by atoms with van der Waals surface area (Å²) >= 11 is 3.47. The second-order valence-electron chi connectivity index (χ2n) is 6.26. The van der Waals surface area contributed by atoms with Gasteiger partial charge in [0.25, 0.3) is 0 Å². The van der Waals surface area contributed by atoms with Crippen molar-refractivity contribution < 1.29 is 9.84 Å². The lowest BCUT2D eigenvalue weighted by molar-refractivity contribution is 0.130. The summed E-state index contributed by atoms with van der Waals surface area (Å²) in [5.74, 6) is 1.09. The highest BCUT2D eigenvalue weighted by Crippen LogP contribution is 2.72. The van der Waals surface area contributed by atoms with E-state index in [1.54, 1.807) is 7.11 Å². The third-order valence-electron chi connectivity index (χ3n) is 4.97. The van der Waals surface area contributed by atoms with Gasteiger partial charge in [-0.05, 0) is 44.5 Å². The summed E-state index contributed by atoms with van der Waals surface area (Å²) in [5.41, 5.74) is 1.31. The van der Waals surface area contributed by atoms with Crippen molar-refractivity contribution in [2.24, 2.45) is 16.7 Å². The molecule has 0 heterocycles. The van der Waals surface area contributed by atoms with E-state index in [9.17, 15) is 5.11 Å². The molecule has 1 aliphatic carbocycles. The van der Waals surface area contributed by atoms with Gasteiger partial charge in [-0.25, -0.2) is 0 Å². The number of aliphatic hydroxyl groups excluding tert-OH is 1. The van der Waals surface area contributed by atoms with Gasteiger partial charge in [-0.2, -0.15) is 0 Å². The molecule has 0 bridgehead atoms. The van der Waals surface area contributed by atoms with Gasteiger partial charge in [-0.15, -0.1) is 0 Å². The van der Waals surface area contributed by atoms with Gasteiger partial charge < -0.3 is 9.84 Å². The average Bonchev–Trinajstić information content (AvgIpc) is 2.68. The smallest absolute Gasteiger partial charge is 0.133 e. The molecule has 1 atom stereocenters. The Morgan fingerprint density at radius 3 is 2.17 bits per heavy atom. The second kappa shape index (κ2) is 4.24. The molecule has 0 amide bonds. The van der Waals surface area contributed by atoms with Crippen LogP contribution in [0.15, 0.2) is 22.7 Å². The zero-order valence-corrected chi connectivity index (χ0v) is 13.2. The maximum atomic E-state index is 10.6. The number of aliphatic hydroxyl groups is 1. The van der Waals surface area contributed by atoms with Gasteiger partial charge in [0, 0.05) is 5.92 Å². The van der Waals surface area contributed by atoms with Crippen LogP contribution in [-0.4, -0.2) is 12.2 Å². The third kappa shape index (κ3) is 1.88. The lowest BCUT2D eigenvalue weighted by Crippen LogP contribution is -2.05. The number of ether oxygens (including phenoxy) is 1. The average molecular weight is 313 g/mol. The number of halogens is 1. The first kappa shape index (κ1) is 13.9. The molecule has 0 aromatic heterocycles. The quantitative estimate of drug-likeness (QED) is 0.907. The minimum absolute atomic E-state index is 0.179. The van der Waals surface area contributed by atoms with Crippen LogP contribution in [0.1, 0.15) is 39.4 Å². The van der Waals surface area contributed by atoms with Crippen LogP contribution in [0.2, 0.25) is 0 Å². The molecule has 0 saturated heterocycles. The molecule has 0 spiro atoms. The van der Waals surface area contributed by atoms with Crippen LogP contribution >= 0.6 is 15.9 Å². The van der Waals surface area contributed by atoms with Gasteiger partial charge in [-0.3, -0.25) is 0 Å². The van der Waals surface area contributed by atoms with Crippen molar-refractivity contribution in [2.45, 2.75) is 33.8 Å². The van der Waals surface area contributed by atoms with Gasteiger partial charge in [0.05, 0.1) is 17.7 Å². The minimum Gasteiger partial charge on any atom is -0.496 e. The summed E-state index contributed by atoms with van der Waals surface area (Å²) in [7, 11) is 1.64. The number of benzene rings is 1. The predicted octanol–water partition coefficient (Wildman–Crippen LogP) is 4.17. The van der Waals surface area contributed by atoms with E-state index >= 15 is 0 Å². The Bertz CT molecular complexity index is 452. The van der Waals surface area contributed by atoms with E-state index in [-0.39, 0.29) is 10.8 Å². The number of rotatable bonds is 3. The number of hydrogen-bond donors (Lipinski definition) is 1. The molecule has 0 aliphatic heterocycles. The molecule has 1 saturated carbocycles. The SMILES string of the molecule is COc1ccc(C(O)C2C(C)(C)C2(C)C)cc1Br. The molecule has 1 N–H and O–H groups in total. The van der Waals surface area contributed by atoms with Crippen LogP contribution in [-0.2, 0) is 0 Å². The van der Waals surface area contributed by atoms with Gasteiger partial charge in [0.1, 0.15) is 5.75 Å². The summed E-state index contributed by atoms with van der Waals surface area (Å²) in [6, 6.07) is 5.79. The van der Waals surface area contributed by atoms with Gasteiger partial charge >= 0.3 is 0 Å². The van der Waals surface area contributed by atoms with Crippen LogP contribution in [0.25, 0.3) is 0 Å². The molecule has 1 aromatic carbocycles. The van der Waals surface area contributed by atoms with Crippen molar-refractivity contribution in [1.29, 1.82) is 0 Å². The molecule has 1 fully saturated rings. The predicted molar refractivity (Wildman–Crippen MR) is 76.7 cm³/mol. The Hall–Kier alpha value is -0.540. The van der Waals surface area contributed by atoms with Gasteiger partial charge in [-0.1, -0.05) is 33.8 Å². The van der Waals surface area contributed by atoms with Crippen molar-refractivity contribution in [3.8, 4) is 5.75 Å². The summed E-state index contributed by atoms with van der Waals surface area (Å²) < 4.78 is 6.10. The summed E-state index contributed by atoms with van der Waals surface area (Å²) in [6.45, 7) is 8.89. The van der Waals surface area contributed by atoms with Crippen LogP contribution in [0, 0.1) is 16.7 Å². The normalized spacial score (nSPS) is 22.6. The lowest BCUT2D eigenvalue weighted by Gasteiger charge is -2.14. The monoisotopic (exact) mass is 312 g/mol. The van der Waals surface area contributed by atoms with E-state index in [0.29, 0.717) is 5.92 Å². The molecule has 3 heteroatoms. The maximum absolute atomic E-state index is 10.6. The number of hydrogen-bond acceptors (Lipinski definition) is 2. The Balaban J connectivity index is 2.26. The highest BCUT2D eigenvalue weighted by molar-refractivity contribution is 9.10. The standard InChI is InChI=1S/C15H21BrO2/c1-14(2)13(15(14,3)4)12(17)9-6-7-11(18-5)10(16)8-9/h6-8,12-13,17H,1-5H3. The molecular formula is C15H21BrO2. The first-order chi connectivity index (χ1) is 8.23. The molecule has 1 unspecified atom stereocenters. The van der Waals surface area contributed by atoms with Gasteiger partial charge in [0.15, 0.2) is 0 Å². The first-order valence-electron chi connectivity index (χ1n) is 6.25. The highest BCUT2D eigenvalue weighted by Gasteiger charge is 2.67. The Labute approximate surface area is 117 Å². The van der Waals surface area contributed by atoms with Crippen LogP contribution in [0.4, 0.5) is 0 Å². The molecule has 0 radical (unpaired) electrons. The molecule has 1 aromatic rings. The topological polar surface area (TPSA) is 29.5 Å². The van der Waals surface area contributed by atoms with Crippen molar-refractivity contribution >= 4 is 15.9 Å². The van der Waals surface area contributed by atoms with E-state index in [4.69, 9.17) is 4.74 Å². The third-order valence-corrected chi connectivity index (χ3v) is 5.59. The van der Waals surface area contributed by atoms with Crippen molar-refractivity contribution in [3.05, 3.63) is 28.2 Å². The fourth-order valence-corrected chi connectivity index (χ4v) is 3.65. The fourth-order valence-electron chi connectivity index (χ4n) is 3.10. The van der Waals surface area contributed by atoms with Crippen LogP contribution in [0.5, 0.6) is 5.75 Å². The Morgan fingerprint density at radius 2 is 1.78 bits per heavy atom. The Kier molecular flexibility index (Phi) is 3.27. The molecule has 18 heavy (non-hydrogen) atoms. The maximum Gasteiger partial charge on any atom is 0.133 e. The zero-order chi connectivity index (χ0) is 13.7. The number of methoxy groups -OCH3 is 1. The first-order valence-corrected chi connectivity index (χ1v) is 7.04. The van der Waals surface area contributed by atoms with E-state index in [2.05, 4.69) is 43.6 Å². The van der Waals surface area contributed by atoms with Crippen molar-refractivity contribution in [2.75, 3.05) is 7.11 Å². The van der Waals surface area contributed by atoms with Crippen molar-refractivity contribution in [1.82, 2.24) is 0 Å². The molecular weight excluding hydrogens is 292 g/mol. The molecule has 1 aliphatic rings. The van der Waals surface area contributed by atoms with Crippen LogP contribution in [0.3, 0.4) is 0 Å². The molecule has 100 valence electrons. The lowest BCUT2D eigenvalue weighted by atomic mass is 9.99. The minimum atomic E-state index is -0.419. The van der Waals surface area contributed by atoms with E-state index < -0.39 is 6.10 Å². The largest absolute Gasteiger partial charge is 0.496 e. The molecule has 2 nitrogen and oxygen atoms in total. The summed E-state index contributed by atoms with van der Waals surface area (Å²) in [4.78, 5) is 0. The zero-order valence-electron chi connectivity index (χ0n) is 11.6. The van der Waals surface area contributed by atoms with E-state index in [1.807, 2.05) is 18.2 Å². The second-order valence-corrected chi connectivity index (χ2v) is 7.11. The Morgan fingerprint density at radius 1 is 1.22 bits per heavy atom. The molecule has 2 rings (SSSR count). The fraction of sp³-hybridized carbons (Fsp3) is 0.600. The summed E-state index contributed by atoms with van der Waals surface area (Å²) in [5, 5.41) is 10.6. The highest BCUT2D eigenvalue weighted by atomic mass is 79.9. The van der Waals surface area contributed by atoms with Crippen LogP contribution < -0.4 is 4.74 Å². The van der Waals surface area contributed by atoms with Gasteiger partial charge in [0.2, 0.25) is 0 Å². The van der Waals surface area contributed by atoms with Crippen molar-refractivity contribution in [3.63, 3.8) is 0 Å². The summed E-state index contributed by atoms with van der Waals surface area (Å²) in [6.07, 6.45) is -0.419. The van der Waals surface area contributed by atoms with E-state index in [1.165, 1.54) is 0 Å². The van der Waals surface area contributed by atoms with E-state index in [0.717, 1.165) is 15.8 Å².